The standard InChI is InChI=1S/C19H18Br2N4O4S/c1-13-8-16(11-23(13)12-22)24(10-14-4-2-3-5-18(14)25(26)27)30(28,29)19-9-15(20)6-7-17(19)21/h2-7,9,13,16H,8,10-11H2,1H3/t13-,16+/m0/s1. The number of sulfonamides is 1. The molecule has 11 heteroatoms. The molecular formula is C19H18Br2N4O4S. The van der Waals surface area contributed by atoms with Crippen LogP contribution in [0.25, 0.3) is 0 Å². The number of rotatable bonds is 6. The Bertz CT molecular complexity index is 1120. The first-order chi connectivity index (χ1) is 14.1. The van der Waals surface area contributed by atoms with Gasteiger partial charge in [-0.15, -0.1) is 0 Å². The highest BCUT2D eigenvalue weighted by Gasteiger charge is 2.40. The first-order valence-electron chi connectivity index (χ1n) is 9.00. The van der Waals surface area contributed by atoms with E-state index in [0.29, 0.717) is 20.9 Å². The van der Waals surface area contributed by atoms with Crippen LogP contribution >= 0.6 is 31.9 Å². The van der Waals surface area contributed by atoms with Crippen molar-refractivity contribution < 1.29 is 13.3 Å². The van der Waals surface area contributed by atoms with Gasteiger partial charge >= 0.3 is 0 Å². The Morgan fingerprint density at radius 3 is 2.63 bits per heavy atom. The van der Waals surface area contributed by atoms with Gasteiger partial charge in [0.05, 0.1) is 9.82 Å². The molecule has 30 heavy (non-hydrogen) atoms. The SMILES string of the molecule is C[C@H]1C[C@@H](N(Cc2ccccc2[N+](=O)[O-])S(=O)(=O)c2cc(Br)ccc2Br)CN1C#N. The minimum Gasteiger partial charge on any atom is -0.306 e. The zero-order chi connectivity index (χ0) is 22.1. The van der Waals surface area contributed by atoms with E-state index in [1.807, 2.05) is 6.92 Å². The van der Waals surface area contributed by atoms with Gasteiger partial charge in [-0.05, 0) is 47.5 Å². The van der Waals surface area contributed by atoms with Crippen LogP contribution in [0.3, 0.4) is 0 Å². The third kappa shape index (κ3) is 4.51. The van der Waals surface area contributed by atoms with E-state index < -0.39 is 21.0 Å². The topological polar surface area (TPSA) is 108 Å². The molecule has 1 saturated heterocycles. The molecule has 3 rings (SSSR count). The number of nitriles is 1. The molecule has 0 saturated carbocycles. The van der Waals surface area contributed by atoms with Crippen LogP contribution in [0, 0.1) is 21.6 Å². The highest BCUT2D eigenvalue weighted by molar-refractivity contribution is 9.11. The van der Waals surface area contributed by atoms with E-state index in [1.165, 1.54) is 21.3 Å². The summed E-state index contributed by atoms with van der Waals surface area (Å²) in [6.45, 7) is 1.91. The van der Waals surface area contributed by atoms with Crippen LogP contribution in [-0.4, -0.2) is 41.2 Å². The fourth-order valence-electron chi connectivity index (χ4n) is 3.55. The molecule has 0 aliphatic carbocycles. The van der Waals surface area contributed by atoms with Crippen molar-refractivity contribution in [1.29, 1.82) is 5.26 Å². The van der Waals surface area contributed by atoms with Gasteiger partial charge in [-0.3, -0.25) is 10.1 Å². The van der Waals surface area contributed by atoms with Crippen molar-refractivity contribution in [3.8, 4) is 6.19 Å². The van der Waals surface area contributed by atoms with Crippen LogP contribution < -0.4 is 0 Å². The number of hydrogen-bond acceptors (Lipinski definition) is 6. The van der Waals surface area contributed by atoms with Crippen molar-refractivity contribution in [2.24, 2.45) is 0 Å². The third-order valence-electron chi connectivity index (χ3n) is 5.08. The molecule has 2 aromatic rings. The van der Waals surface area contributed by atoms with Crippen molar-refractivity contribution in [1.82, 2.24) is 9.21 Å². The van der Waals surface area contributed by atoms with Gasteiger partial charge in [-0.1, -0.05) is 34.1 Å². The Morgan fingerprint density at radius 1 is 1.30 bits per heavy atom. The first-order valence-corrected chi connectivity index (χ1v) is 12.0. The van der Waals surface area contributed by atoms with E-state index in [2.05, 4.69) is 38.1 Å². The molecule has 1 fully saturated rings. The van der Waals surface area contributed by atoms with Gasteiger partial charge in [0.25, 0.3) is 5.69 Å². The Balaban J connectivity index is 2.10. The normalized spacial score (nSPS) is 19.1. The quantitative estimate of drug-likeness (QED) is 0.298. The summed E-state index contributed by atoms with van der Waals surface area (Å²) in [4.78, 5) is 12.5. The Kier molecular flexibility index (Phi) is 6.81. The van der Waals surface area contributed by atoms with E-state index in [4.69, 9.17) is 0 Å². The van der Waals surface area contributed by atoms with Crippen LogP contribution in [0.15, 0.2) is 56.3 Å². The van der Waals surface area contributed by atoms with E-state index in [-0.39, 0.29) is 29.7 Å². The molecule has 1 heterocycles. The number of nitrogens with zero attached hydrogens (tertiary/aromatic N) is 4. The van der Waals surface area contributed by atoms with E-state index in [0.717, 1.165) is 0 Å². The van der Waals surface area contributed by atoms with E-state index in [1.54, 1.807) is 30.3 Å². The first kappa shape index (κ1) is 22.7. The summed E-state index contributed by atoms with van der Waals surface area (Å²) in [6.07, 6.45) is 2.53. The molecule has 158 valence electrons. The zero-order valence-corrected chi connectivity index (χ0v) is 19.9. The number of nitro benzene ring substituents is 1. The number of nitro groups is 1. The Hall–Kier alpha value is -2.00. The molecule has 0 amide bonds. The molecule has 0 radical (unpaired) electrons. The average Bonchev–Trinajstić information content (AvgIpc) is 3.08. The molecule has 0 unspecified atom stereocenters. The summed E-state index contributed by atoms with van der Waals surface area (Å²) >= 11 is 6.61. The number of likely N-dealkylation sites (tertiary alicyclic amines) is 1. The largest absolute Gasteiger partial charge is 0.306 e. The lowest BCUT2D eigenvalue weighted by molar-refractivity contribution is -0.385. The summed E-state index contributed by atoms with van der Waals surface area (Å²) in [5, 5.41) is 20.8. The number of halogens is 2. The van der Waals surface area contributed by atoms with Gasteiger partial charge < -0.3 is 4.90 Å². The van der Waals surface area contributed by atoms with Crippen LogP contribution in [0.4, 0.5) is 5.69 Å². The lowest BCUT2D eigenvalue weighted by Gasteiger charge is -2.28. The van der Waals surface area contributed by atoms with Gasteiger partial charge in [0.15, 0.2) is 6.19 Å². The molecule has 8 nitrogen and oxygen atoms in total. The second kappa shape index (κ2) is 9.01. The maximum Gasteiger partial charge on any atom is 0.273 e. The summed E-state index contributed by atoms with van der Waals surface area (Å²) in [5.41, 5.74) is 0.148. The lowest BCUT2D eigenvalue weighted by atomic mass is 10.1. The Labute approximate surface area is 191 Å². The fraction of sp³-hybridized carbons (Fsp3) is 0.316. The average molecular weight is 558 g/mol. The van der Waals surface area contributed by atoms with Crippen LogP contribution in [0.2, 0.25) is 0 Å². The van der Waals surface area contributed by atoms with Crippen molar-refractivity contribution >= 4 is 47.6 Å². The second-order valence-corrected chi connectivity index (χ2v) is 10.6. The van der Waals surface area contributed by atoms with Crippen molar-refractivity contribution in [2.45, 2.75) is 36.9 Å². The summed E-state index contributed by atoms with van der Waals surface area (Å²) in [6, 6.07) is 10.3. The molecule has 2 atom stereocenters. The van der Waals surface area contributed by atoms with Crippen molar-refractivity contribution in [3.63, 3.8) is 0 Å². The van der Waals surface area contributed by atoms with Crippen molar-refractivity contribution in [3.05, 3.63) is 67.1 Å². The van der Waals surface area contributed by atoms with Gasteiger partial charge in [-0.25, -0.2) is 8.42 Å². The highest BCUT2D eigenvalue weighted by Crippen LogP contribution is 2.34. The molecule has 0 aromatic heterocycles. The van der Waals surface area contributed by atoms with Gasteiger partial charge in [0, 0.05) is 45.7 Å². The number of benzene rings is 2. The maximum atomic E-state index is 13.7. The molecule has 0 bridgehead atoms. The predicted octanol–water partition coefficient (Wildman–Crippen LogP) is 4.25. The van der Waals surface area contributed by atoms with Gasteiger partial charge in [-0.2, -0.15) is 9.57 Å². The monoisotopic (exact) mass is 556 g/mol. The summed E-state index contributed by atoms with van der Waals surface area (Å²) in [5.74, 6) is 0. The molecule has 0 spiro atoms. The summed E-state index contributed by atoms with van der Waals surface area (Å²) < 4.78 is 29.6. The van der Waals surface area contributed by atoms with Crippen molar-refractivity contribution in [2.75, 3.05) is 6.54 Å². The van der Waals surface area contributed by atoms with Crippen LogP contribution in [0.5, 0.6) is 0 Å². The van der Waals surface area contributed by atoms with E-state index in [9.17, 15) is 23.8 Å². The van der Waals surface area contributed by atoms with Crippen LogP contribution in [0.1, 0.15) is 18.9 Å². The molecule has 2 aromatic carbocycles. The lowest BCUT2D eigenvalue weighted by Crippen LogP contribution is -2.41. The second-order valence-electron chi connectivity index (χ2n) is 7.00. The predicted molar refractivity (Wildman–Crippen MR) is 118 cm³/mol. The number of hydrogen-bond donors (Lipinski definition) is 0. The molecule has 0 N–H and O–H groups in total. The fourth-order valence-corrected chi connectivity index (χ4v) is 6.62. The Morgan fingerprint density at radius 2 is 2.00 bits per heavy atom. The van der Waals surface area contributed by atoms with E-state index >= 15 is 0 Å². The van der Waals surface area contributed by atoms with Crippen LogP contribution in [-0.2, 0) is 16.6 Å². The molecule has 1 aliphatic heterocycles. The third-order valence-corrected chi connectivity index (χ3v) is 8.47. The highest BCUT2D eigenvalue weighted by atomic mass is 79.9. The zero-order valence-electron chi connectivity index (χ0n) is 15.9. The number of para-hydroxylation sites is 1. The summed E-state index contributed by atoms with van der Waals surface area (Å²) in [7, 11) is -4.04. The minimum absolute atomic E-state index is 0.0542. The smallest absolute Gasteiger partial charge is 0.273 e. The molecular weight excluding hydrogens is 540 g/mol. The molecule has 1 aliphatic rings. The maximum absolute atomic E-state index is 13.7. The minimum atomic E-state index is -4.04. The van der Waals surface area contributed by atoms with Gasteiger partial charge in [0.2, 0.25) is 10.0 Å². The van der Waals surface area contributed by atoms with Gasteiger partial charge in [0.1, 0.15) is 0 Å².